The molecule has 1 heterocycles. The first-order valence-corrected chi connectivity index (χ1v) is 11.1. The van der Waals surface area contributed by atoms with Gasteiger partial charge in [-0.2, -0.15) is 0 Å². The number of amides is 1. The lowest BCUT2D eigenvalue weighted by molar-refractivity contribution is 0.0950. The molecule has 1 saturated heterocycles. The molecule has 1 aliphatic rings. The van der Waals surface area contributed by atoms with Crippen molar-refractivity contribution in [3.63, 3.8) is 0 Å². The molecule has 160 valence electrons. The molecule has 1 amide bonds. The third kappa shape index (κ3) is 5.87. The number of ether oxygens (including phenoxy) is 1. The van der Waals surface area contributed by atoms with Crippen molar-refractivity contribution in [2.24, 2.45) is 0 Å². The van der Waals surface area contributed by atoms with Crippen LogP contribution in [0.1, 0.15) is 39.9 Å². The number of nitrogens with zero attached hydrogens (tertiary/aromatic N) is 1. The summed E-state index contributed by atoms with van der Waals surface area (Å²) in [6.07, 6.45) is 2.55. The number of hydrogen-bond acceptors (Lipinski definition) is 3. The Morgan fingerprint density at radius 2 is 1.52 bits per heavy atom. The van der Waals surface area contributed by atoms with Gasteiger partial charge in [-0.05, 0) is 67.4 Å². The Balaban J connectivity index is 1.31. The average Bonchev–Trinajstić information content (AvgIpc) is 3.31. The van der Waals surface area contributed by atoms with Crippen LogP contribution in [0.4, 0.5) is 0 Å². The van der Waals surface area contributed by atoms with Crippen LogP contribution in [0.15, 0.2) is 72.8 Å². The quantitative estimate of drug-likeness (QED) is 0.513. The fourth-order valence-electron chi connectivity index (χ4n) is 3.82. The maximum atomic E-state index is 12.6. The van der Waals surface area contributed by atoms with Gasteiger partial charge in [0, 0.05) is 29.2 Å². The highest BCUT2D eigenvalue weighted by Crippen LogP contribution is 2.19. The summed E-state index contributed by atoms with van der Waals surface area (Å²) in [5, 5.41) is 3.73. The molecule has 0 saturated carbocycles. The highest BCUT2D eigenvalue weighted by molar-refractivity contribution is 6.31. The van der Waals surface area contributed by atoms with Gasteiger partial charge in [0.1, 0.15) is 12.4 Å². The standard InChI is InChI=1S/C26H27ClN2O2/c27-25-10-4-3-9-23(25)19-31-24-13-11-20(12-14-24)26(30)28-17-21-7-1-2-8-22(21)18-29-15-5-6-16-29/h1-4,7-14H,5-6,15-19H2,(H,28,30). The Bertz CT molecular complexity index is 1010. The molecule has 5 heteroatoms. The third-order valence-electron chi connectivity index (χ3n) is 5.62. The number of rotatable bonds is 8. The number of carbonyl (C=O) groups excluding carboxylic acids is 1. The lowest BCUT2D eigenvalue weighted by Crippen LogP contribution is -2.25. The Kier molecular flexibility index (Phi) is 7.23. The molecule has 4 rings (SSSR count). The molecule has 3 aromatic carbocycles. The van der Waals surface area contributed by atoms with Crippen molar-refractivity contribution in [1.29, 1.82) is 0 Å². The van der Waals surface area contributed by atoms with E-state index in [1.807, 2.05) is 42.5 Å². The smallest absolute Gasteiger partial charge is 0.251 e. The summed E-state index contributed by atoms with van der Waals surface area (Å²) in [4.78, 5) is 15.1. The summed E-state index contributed by atoms with van der Waals surface area (Å²) in [5.74, 6) is 0.612. The van der Waals surface area contributed by atoms with Crippen LogP contribution in [-0.2, 0) is 19.7 Å². The molecule has 1 N–H and O–H groups in total. The number of likely N-dealkylation sites (tertiary alicyclic amines) is 1. The Labute approximate surface area is 188 Å². The topological polar surface area (TPSA) is 41.6 Å². The third-order valence-corrected chi connectivity index (χ3v) is 5.99. The largest absolute Gasteiger partial charge is 0.489 e. The second kappa shape index (κ2) is 10.5. The maximum absolute atomic E-state index is 12.6. The van der Waals surface area contributed by atoms with Crippen LogP contribution in [0.2, 0.25) is 5.02 Å². The highest BCUT2D eigenvalue weighted by Gasteiger charge is 2.14. The van der Waals surface area contributed by atoms with E-state index in [-0.39, 0.29) is 5.91 Å². The molecule has 1 fully saturated rings. The average molecular weight is 435 g/mol. The summed E-state index contributed by atoms with van der Waals surface area (Å²) < 4.78 is 5.80. The van der Waals surface area contributed by atoms with Gasteiger partial charge in [0.05, 0.1) is 0 Å². The normalized spacial score (nSPS) is 13.8. The summed E-state index contributed by atoms with van der Waals surface area (Å²) in [5.41, 5.74) is 4.00. The first kappa shape index (κ1) is 21.4. The fraction of sp³-hybridized carbons (Fsp3) is 0.269. The summed E-state index contributed by atoms with van der Waals surface area (Å²) >= 11 is 6.17. The van der Waals surface area contributed by atoms with Gasteiger partial charge in [-0.1, -0.05) is 54.1 Å². The number of carbonyl (C=O) groups is 1. The minimum Gasteiger partial charge on any atom is -0.489 e. The number of hydrogen-bond donors (Lipinski definition) is 1. The first-order valence-electron chi connectivity index (χ1n) is 10.7. The molecule has 0 spiro atoms. The van der Waals surface area contributed by atoms with Gasteiger partial charge in [0.25, 0.3) is 5.91 Å². The lowest BCUT2D eigenvalue weighted by Gasteiger charge is -2.17. The maximum Gasteiger partial charge on any atom is 0.251 e. The van der Waals surface area contributed by atoms with Gasteiger partial charge >= 0.3 is 0 Å². The first-order chi connectivity index (χ1) is 15.2. The molecule has 3 aromatic rings. The van der Waals surface area contributed by atoms with Crippen molar-refractivity contribution in [3.05, 3.63) is 100 Å². The molecule has 0 bridgehead atoms. The van der Waals surface area contributed by atoms with Gasteiger partial charge in [-0.3, -0.25) is 9.69 Å². The monoisotopic (exact) mass is 434 g/mol. The van der Waals surface area contributed by atoms with E-state index in [0.29, 0.717) is 29.5 Å². The molecular weight excluding hydrogens is 408 g/mol. The fourth-order valence-corrected chi connectivity index (χ4v) is 4.01. The summed E-state index contributed by atoms with van der Waals surface area (Å²) in [6.45, 7) is 4.17. The van der Waals surface area contributed by atoms with Gasteiger partial charge in [0.2, 0.25) is 0 Å². The number of benzene rings is 3. The number of nitrogens with one attached hydrogen (secondary N) is 1. The van der Waals surface area contributed by atoms with Gasteiger partial charge in [-0.25, -0.2) is 0 Å². The van der Waals surface area contributed by atoms with Crippen molar-refractivity contribution in [2.45, 2.75) is 32.5 Å². The van der Waals surface area contributed by atoms with E-state index >= 15 is 0 Å². The van der Waals surface area contributed by atoms with Crippen LogP contribution >= 0.6 is 11.6 Å². The molecule has 1 aliphatic heterocycles. The van der Waals surface area contributed by atoms with Gasteiger partial charge in [0.15, 0.2) is 0 Å². The van der Waals surface area contributed by atoms with E-state index in [1.54, 1.807) is 12.1 Å². The lowest BCUT2D eigenvalue weighted by atomic mass is 10.1. The Morgan fingerprint density at radius 1 is 0.871 bits per heavy atom. The van der Waals surface area contributed by atoms with E-state index in [1.165, 1.54) is 24.0 Å². The van der Waals surface area contributed by atoms with Gasteiger partial charge < -0.3 is 10.1 Å². The van der Waals surface area contributed by atoms with Crippen LogP contribution in [0.25, 0.3) is 0 Å². The zero-order valence-electron chi connectivity index (χ0n) is 17.5. The van der Waals surface area contributed by atoms with Crippen molar-refractivity contribution >= 4 is 17.5 Å². The SMILES string of the molecule is O=C(NCc1ccccc1CN1CCCC1)c1ccc(OCc2ccccc2Cl)cc1. The van der Waals surface area contributed by atoms with E-state index in [2.05, 4.69) is 28.4 Å². The number of halogens is 1. The van der Waals surface area contributed by atoms with E-state index < -0.39 is 0 Å². The molecule has 31 heavy (non-hydrogen) atoms. The molecule has 0 atom stereocenters. The second-order valence-electron chi connectivity index (χ2n) is 7.84. The van der Waals surface area contributed by atoms with E-state index in [0.717, 1.165) is 25.2 Å². The molecule has 0 unspecified atom stereocenters. The van der Waals surface area contributed by atoms with Crippen LogP contribution < -0.4 is 10.1 Å². The van der Waals surface area contributed by atoms with Crippen LogP contribution in [0.3, 0.4) is 0 Å². The molecule has 4 nitrogen and oxygen atoms in total. The summed E-state index contributed by atoms with van der Waals surface area (Å²) in [7, 11) is 0. The van der Waals surface area contributed by atoms with E-state index in [9.17, 15) is 4.79 Å². The summed E-state index contributed by atoms with van der Waals surface area (Å²) in [6, 6.07) is 23.1. The Morgan fingerprint density at radius 3 is 2.23 bits per heavy atom. The molecule has 0 aromatic heterocycles. The minimum absolute atomic E-state index is 0.0892. The van der Waals surface area contributed by atoms with Crippen molar-refractivity contribution in [3.8, 4) is 5.75 Å². The predicted molar refractivity (Wildman–Crippen MR) is 124 cm³/mol. The van der Waals surface area contributed by atoms with Crippen LogP contribution in [0.5, 0.6) is 5.75 Å². The minimum atomic E-state index is -0.0892. The zero-order valence-corrected chi connectivity index (χ0v) is 18.3. The molecule has 0 radical (unpaired) electrons. The molecule has 0 aliphatic carbocycles. The van der Waals surface area contributed by atoms with Crippen molar-refractivity contribution in [1.82, 2.24) is 10.2 Å². The van der Waals surface area contributed by atoms with Crippen molar-refractivity contribution < 1.29 is 9.53 Å². The Hall–Kier alpha value is -2.82. The predicted octanol–water partition coefficient (Wildman–Crippen LogP) is 5.44. The van der Waals surface area contributed by atoms with Crippen LogP contribution in [-0.4, -0.2) is 23.9 Å². The van der Waals surface area contributed by atoms with Crippen molar-refractivity contribution in [2.75, 3.05) is 13.1 Å². The van der Waals surface area contributed by atoms with E-state index in [4.69, 9.17) is 16.3 Å². The highest BCUT2D eigenvalue weighted by atomic mass is 35.5. The zero-order chi connectivity index (χ0) is 21.5. The van der Waals surface area contributed by atoms with Crippen LogP contribution in [0, 0.1) is 0 Å². The molecular formula is C26H27ClN2O2. The second-order valence-corrected chi connectivity index (χ2v) is 8.25. The van der Waals surface area contributed by atoms with Gasteiger partial charge in [-0.15, -0.1) is 0 Å².